The molecule has 2 N–H and O–H groups in total. The molecule has 2 aromatic carbocycles. The zero-order valence-electron chi connectivity index (χ0n) is 16.2. The zero-order chi connectivity index (χ0) is 22.1. The van der Waals surface area contributed by atoms with Gasteiger partial charge in [0.15, 0.2) is 5.75 Å². The van der Waals surface area contributed by atoms with Gasteiger partial charge in [-0.1, -0.05) is 37.6 Å². The van der Waals surface area contributed by atoms with E-state index in [1.165, 1.54) is 12.3 Å². The highest BCUT2D eigenvalue weighted by Gasteiger charge is 2.20. The molecule has 0 radical (unpaired) electrons. The summed E-state index contributed by atoms with van der Waals surface area (Å²) in [6.45, 7) is 4.06. The largest absolute Gasteiger partial charge is 0.487 e. The van der Waals surface area contributed by atoms with Crippen LogP contribution >= 0.6 is 11.6 Å². The standard InChI is InChI=1S/C20H19ClFN3O4S/c1-12(2)11-29-19-16(13-6-7-18(17(22)8-13)30(23,27)28)10-24-25(20(19)26)15-5-3-4-14(21)9-15/h3-10,12H,11H2,1-2H3,(H2,23,27,28). The van der Waals surface area contributed by atoms with Gasteiger partial charge in [-0.3, -0.25) is 4.79 Å². The predicted molar refractivity (Wildman–Crippen MR) is 112 cm³/mol. The molecule has 3 rings (SSSR count). The first kappa shape index (κ1) is 21.9. The average molecular weight is 452 g/mol. The van der Waals surface area contributed by atoms with Crippen LogP contribution < -0.4 is 15.4 Å². The maximum absolute atomic E-state index is 14.3. The maximum Gasteiger partial charge on any atom is 0.314 e. The van der Waals surface area contributed by atoms with Gasteiger partial charge in [0.2, 0.25) is 10.0 Å². The van der Waals surface area contributed by atoms with Gasteiger partial charge in [0, 0.05) is 10.6 Å². The van der Waals surface area contributed by atoms with Crippen LogP contribution in [0.4, 0.5) is 4.39 Å². The van der Waals surface area contributed by atoms with Gasteiger partial charge in [-0.2, -0.15) is 9.78 Å². The van der Waals surface area contributed by atoms with Crippen molar-refractivity contribution in [2.24, 2.45) is 11.1 Å². The molecule has 0 atom stereocenters. The van der Waals surface area contributed by atoms with E-state index in [2.05, 4.69) is 5.10 Å². The molecule has 30 heavy (non-hydrogen) atoms. The van der Waals surface area contributed by atoms with Crippen LogP contribution in [0.2, 0.25) is 5.02 Å². The lowest BCUT2D eigenvalue weighted by atomic mass is 10.1. The number of benzene rings is 2. The van der Waals surface area contributed by atoms with Crippen molar-refractivity contribution in [3.05, 3.63) is 69.9 Å². The third kappa shape index (κ3) is 4.69. The first-order valence-corrected chi connectivity index (χ1v) is 10.8. The lowest BCUT2D eigenvalue weighted by Gasteiger charge is -2.15. The quantitative estimate of drug-likeness (QED) is 0.618. The number of nitrogens with two attached hydrogens (primary N) is 1. The van der Waals surface area contributed by atoms with Crippen molar-refractivity contribution in [2.75, 3.05) is 6.61 Å². The molecule has 158 valence electrons. The summed E-state index contributed by atoms with van der Waals surface area (Å²) in [5.74, 6) is -0.961. The Kier molecular flexibility index (Phi) is 6.25. The van der Waals surface area contributed by atoms with Crippen LogP contribution in [0.15, 0.2) is 58.4 Å². The fourth-order valence-electron chi connectivity index (χ4n) is 2.72. The Morgan fingerprint density at radius 3 is 2.57 bits per heavy atom. The van der Waals surface area contributed by atoms with E-state index in [1.807, 2.05) is 13.8 Å². The van der Waals surface area contributed by atoms with Gasteiger partial charge >= 0.3 is 5.56 Å². The third-order valence-corrected chi connectivity index (χ3v) is 5.28. The summed E-state index contributed by atoms with van der Waals surface area (Å²) < 4.78 is 44.1. The Morgan fingerprint density at radius 1 is 1.23 bits per heavy atom. The second kappa shape index (κ2) is 8.55. The van der Waals surface area contributed by atoms with E-state index in [9.17, 15) is 17.6 Å². The van der Waals surface area contributed by atoms with Crippen LogP contribution in [0.1, 0.15) is 13.8 Å². The molecule has 0 aliphatic rings. The van der Waals surface area contributed by atoms with Crippen molar-refractivity contribution >= 4 is 21.6 Å². The van der Waals surface area contributed by atoms with Gasteiger partial charge in [-0.15, -0.1) is 0 Å². The van der Waals surface area contributed by atoms with Crippen LogP contribution in [-0.2, 0) is 10.0 Å². The van der Waals surface area contributed by atoms with Gasteiger partial charge in [0.05, 0.1) is 18.5 Å². The lowest BCUT2D eigenvalue weighted by molar-refractivity contribution is 0.267. The minimum atomic E-state index is -4.22. The molecule has 7 nitrogen and oxygen atoms in total. The van der Waals surface area contributed by atoms with E-state index >= 15 is 0 Å². The Bertz CT molecular complexity index is 1260. The topological polar surface area (TPSA) is 104 Å². The summed E-state index contributed by atoms with van der Waals surface area (Å²) in [4.78, 5) is 12.5. The Morgan fingerprint density at radius 2 is 1.97 bits per heavy atom. The van der Waals surface area contributed by atoms with Crippen molar-refractivity contribution < 1.29 is 17.5 Å². The fourth-order valence-corrected chi connectivity index (χ4v) is 3.50. The van der Waals surface area contributed by atoms with Gasteiger partial charge in [-0.05, 0) is 41.8 Å². The fraction of sp³-hybridized carbons (Fsp3) is 0.200. The van der Waals surface area contributed by atoms with E-state index < -0.39 is 26.3 Å². The van der Waals surface area contributed by atoms with Crippen LogP contribution in [0.25, 0.3) is 16.8 Å². The number of sulfonamides is 1. The number of nitrogens with zero attached hydrogens (tertiary/aromatic N) is 2. The Hall–Kier alpha value is -2.75. The smallest absolute Gasteiger partial charge is 0.314 e. The van der Waals surface area contributed by atoms with Crippen LogP contribution in [0.5, 0.6) is 5.75 Å². The highest BCUT2D eigenvalue weighted by Crippen LogP contribution is 2.29. The molecule has 0 aliphatic carbocycles. The normalized spacial score (nSPS) is 11.7. The molecule has 0 amide bonds. The molecule has 0 saturated carbocycles. The zero-order valence-corrected chi connectivity index (χ0v) is 17.7. The van der Waals surface area contributed by atoms with Crippen LogP contribution in [-0.4, -0.2) is 24.8 Å². The van der Waals surface area contributed by atoms with E-state index in [4.69, 9.17) is 21.5 Å². The number of ether oxygens (including phenoxy) is 1. The molecule has 0 spiro atoms. The van der Waals surface area contributed by atoms with E-state index in [0.717, 1.165) is 16.8 Å². The number of hydrogen-bond donors (Lipinski definition) is 1. The first-order chi connectivity index (χ1) is 14.1. The summed E-state index contributed by atoms with van der Waals surface area (Å²) in [7, 11) is -4.22. The number of primary sulfonamides is 1. The van der Waals surface area contributed by atoms with Gasteiger partial charge in [0.1, 0.15) is 10.7 Å². The second-order valence-corrected chi connectivity index (χ2v) is 8.95. The van der Waals surface area contributed by atoms with Crippen LogP contribution in [0.3, 0.4) is 0 Å². The number of hydrogen-bond acceptors (Lipinski definition) is 5. The van der Waals surface area contributed by atoms with Crippen molar-refractivity contribution in [2.45, 2.75) is 18.7 Å². The molecule has 0 bridgehead atoms. The van der Waals surface area contributed by atoms with Crippen molar-refractivity contribution in [3.8, 4) is 22.6 Å². The maximum atomic E-state index is 14.3. The molecular formula is C20H19ClFN3O4S. The molecule has 3 aromatic rings. The van der Waals surface area contributed by atoms with Crippen molar-refractivity contribution in [1.29, 1.82) is 0 Å². The number of halogens is 2. The molecule has 1 aromatic heterocycles. The van der Waals surface area contributed by atoms with Crippen molar-refractivity contribution in [1.82, 2.24) is 9.78 Å². The van der Waals surface area contributed by atoms with E-state index in [1.54, 1.807) is 24.3 Å². The first-order valence-electron chi connectivity index (χ1n) is 8.91. The molecule has 1 heterocycles. The van der Waals surface area contributed by atoms with Gasteiger partial charge in [-0.25, -0.2) is 17.9 Å². The molecule has 0 unspecified atom stereocenters. The Balaban J connectivity index is 2.18. The summed E-state index contributed by atoms with van der Waals surface area (Å²) in [6, 6.07) is 9.92. The summed E-state index contributed by atoms with van der Waals surface area (Å²) in [5, 5.41) is 9.59. The van der Waals surface area contributed by atoms with Gasteiger partial charge in [0.25, 0.3) is 0 Å². The summed E-state index contributed by atoms with van der Waals surface area (Å²) in [6.07, 6.45) is 1.35. The molecular weight excluding hydrogens is 433 g/mol. The third-order valence-electron chi connectivity index (χ3n) is 4.10. The van der Waals surface area contributed by atoms with E-state index in [-0.39, 0.29) is 29.4 Å². The molecule has 0 saturated heterocycles. The summed E-state index contributed by atoms with van der Waals surface area (Å²) >= 11 is 6.01. The lowest BCUT2D eigenvalue weighted by Crippen LogP contribution is -2.24. The van der Waals surface area contributed by atoms with Crippen molar-refractivity contribution in [3.63, 3.8) is 0 Å². The SMILES string of the molecule is CC(C)COc1c(-c2ccc(S(N)(=O)=O)c(F)c2)cnn(-c2cccc(Cl)c2)c1=O. The van der Waals surface area contributed by atoms with Crippen LogP contribution in [0, 0.1) is 11.7 Å². The molecule has 0 aliphatic heterocycles. The van der Waals surface area contributed by atoms with Gasteiger partial charge < -0.3 is 4.74 Å². The minimum absolute atomic E-state index is 0.0403. The average Bonchev–Trinajstić information content (AvgIpc) is 2.65. The molecule has 0 fully saturated rings. The monoisotopic (exact) mass is 451 g/mol. The Labute approximate surface area is 177 Å². The second-order valence-electron chi connectivity index (χ2n) is 6.98. The summed E-state index contributed by atoms with van der Waals surface area (Å²) in [5.41, 5.74) is 0.316. The highest BCUT2D eigenvalue weighted by molar-refractivity contribution is 7.89. The molecule has 10 heteroatoms. The number of aromatic nitrogens is 2. The minimum Gasteiger partial charge on any atom is -0.487 e. The highest BCUT2D eigenvalue weighted by atomic mass is 35.5. The predicted octanol–water partition coefficient (Wildman–Crippen LogP) is 3.37. The van der Waals surface area contributed by atoms with E-state index in [0.29, 0.717) is 10.7 Å². The number of rotatable bonds is 6.